The third kappa shape index (κ3) is 3.42. The Morgan fingerprint density at radius 3 is 2.39 bits per heavy atom. The van der Waals surface area contributed by atoms with Gasteiger partial charge < -0.3 is 24.5 Å². The van der Waals surface area contributed by atoms with E-state index in [0.717, 1.165) is 0 Å². The lowest BCUT2D eigenvalue weighted by atomic mass is 10.1. The Hall–Kier alpha value is -3.74. The van der Waals surface area contributed by atoms with Gasteiger partial charge in [0.2, 0.25) is 6.79 Å². The lowest BCUT2D eigenvalue weighted by Crippen LogP contribution is -2.18. The van der Waals surface area contributed by atoms with E-state index in [9.17, 15) is 9.59 Å². The number of aryl methyl sites for hydroxylation is 2. The van der Waals surface area contributed by atoms with Crippen molar-refractivity contribution in [1.29, 1.82) is 0 Å². The first-order valence-electron chi connectivity index (χ1n) is 8.69. The summed E-state index contributed by atoms with van der Waals surface area (Å²) in [4.78, 5) is 25.3. The molecule has 0 saturated carbocycles. The van der Waals surface area contributed by atoms with Crippen molar-refractivity contribution in [3.8, 4) is 11.5 Å². The Kier molecular flexibility index (Phi) is 4.49. The normalized spacial score (nSPS) is 11.9. The predicted octanol–water partition coefficient (Wildman–Crippen LogP) is 4.13. The van der Waals surface area contributed by atoms with E-state index in [-0.39, 0.29) is 18.6 Å². The number of hydrogen-bond acceptors (Lipinski definition) is 5. The fourth-order valence-corrected chi connectivity index (χ4v) is 3.01. The topological polar surface area (TPSA) is 89.8 Å². The summed E-state index contributed by atoms with van der Waals surface area (Å²) in [6, 6.07) is 13.6. The number of carbonyl (C=O) groups excluding carboxylic acids is 2. The van der Waals surface area contributed by atoms with Gasteiger partial charge in [-0.25, -0.2) is 0 Å². The largest absolute Gasteiger partial charge is 0.466 e. The smallest absolute Gasteiger partial charge is 0.259 e. The highest BCUT2D eigenvalue weighted by Crippen LogP contribution is 2.34. The average molecular weight is 378 g/mol. The predicted molar refractivity (Wildman–Crippen MR) is 103 cm³/mol. The van der Waals surface area contributed by atoms with Gasteiger partial charge in [0.15, 0.2) is 11.5 Å². The molecule has 4 rings (SSSR count). The maximum absolute atomic E-state index is 12.8. The van der Waals surface area contributed by atoms with Crippen LogP contribution in [0.3, 0.4) is 0 Å². The zero-order chi connectivity index (χ0) is 19.7. The second-order valence-corrected chi connectivity index (χ2v) is 6.35. The Morgan fingerprint density at radius 2 is 1.61 bits per heavy atom. The minimum Gasteiger partial charge on any atom is -0.466 e. The number of carbonyl (C=O) groups is 2. The van der Waals surface area contributed by atoms with E-state index in [1.54, 1.807) is 62.4 Å². The van der Waals surface area contributed by atoms with Crippen molar-refractivity contribution in [2.24, 2.45) is 0 Å². The maximum Gasteiger partial charge on any atom is 0.259 e. The van der Waals surface area contributed by atoms with E-state index in [1.165, 1.54) is 0 Å². The van der Waals surface area contributed by atoms with Crippen LogP contribution in [0.4, 0.5) is 11.4 Å². The lowest BCUT2D eigenvalue weighted by molar-refractivity contribution is 0.102. The summed E-state index contributed by atoms with van der Waals surface area (Å²) in [7, 11) is 0. The first-order valence-corrected chi connectivity index (χ1v) is 8.69. The van der Waals surface area contributed by atoms with Crippen LogP contribution in [0.5, 0.6) is 11.5 Å². The molecule has 142 valence electrons. The highest BCUT2D eigenvalue weighted by molar-refractivity contribution is 6.12. The molecule has 0 aliphatic carbocycles. The third-order valence-corrected chi connectivity index (χ3v) is 4.34. The van der Waals surface area contributed by atoms with E-state index in [1.807, 2.05) is 0 Å². The zero-order valence-corrected chi connectivity index (χ0v) is 15.4. The molecule has 2 amide bonds. The van der Waals surface area contributed by atoms with E-state index in [0.29, 0.717) is 45.5 Å². The number of ether oxygens (including phenoxy) is 2. The molecule has 28 heavy (non-hydrogen) atoms. The molecule has 7 nitrogen and oxygen atoms in total. The van der Waals surface area contributed by atoms with Gasteiger partial charge in [-0.1, -0.05) is 12.1 Å². The summed E-state index contributed by atoms with van der Waals surface area (Å²) in [6.07, 6.45) is 0. The Morgan fingerprint density at radius 1 is 0.857 bits per heavy atom. The van der Waals surface area contributed by atoms with Gasteiger partial charge in [0.05, 0.1) is 16.8 Å². The van der Waals surface area contributed by atoms with E-state index in [4.69, 9.17) is 13.9 Å². The van der Waals surface area contributed by atoms with Gasteiger partial charge in [0.1, 0.15) is 11.5 Å². The van der Waals surface area contributed by atoms with E-state index >= 15 is 0 Å². The average Bonchev–Trinajstić information content (AvgIpc) is 3.27. The van der Waals surface area contributed by atoms with Crippen LogP contribution in [0.25, 0.3) is 0 Å². The summed E-state index contributed by atoms with van der Waals surface area (Å²) in [5, 5.41) is 5.60. The molecule has 2 heterocycles. The Labute approximate surface area is 161 Å². The van der Waals surface area contributed by atoms with Crippen LogP contribution < -0.4 is 20.1 Å². The molecule has 0 radical (unpaired) electrons. The van der Waals surface area contributed by atoms with Gasteiger partial charge in [0.25, 0.3) is 11.8 Å². The van der Waals surface area contributed by atoms with Crippen molar-refractivity contribution in [3.63, 3.8) is 0 Å². The van der Waals surface area contributed by atoms with Crippen LogP contribution in [0.2, 0.25) is 0 Å². The van der Waals surface area contributed by atoms with Crippen LogP contribution in [0.1, 0.15) is 32.2 Å². The molecule has 1 aromatic heterocycles. The summed E-state index contributed by atoms with van der Waals surface area (Å²) in [5.41, 5.74) is 1.75. The molecular weight excluding hydrogens is 360 g/mol. The molecule has 0 fully saturated rings. The first kappa shape index (κ1) is 17.7. The molecule has 0 saturated heterocycles. The summed E-state index contributed by atoms with van der Waals surface area (Å²) < 4.78 is 16.0. The van der Waals surface area contributed by atoms with Crippen LogP contribution in [0, 0.1) is 13.8 Å². The summed E-state index contributed by atoms with van der Waals surface area (Å²) >= 11 is 0. The monoisotopic (exact) mass is 378 g/mol. The number of fused-ring (bicyclic) bond motifs is 1. The minimum atomic E-state index is -0.352. The number of para-hydroxylation sites is 1. The summed E-state index contributed by atoms with van der Waals surface area (Å²) in [6.45, 7) is 3.66. The standard InChI is InChI=1S/C21H18N2O5/c1-12-9-16(13(2)28-12)21(25)23-17-6-4-3-5-15(17)20(24)22-14-7-8-18-19(10-14)27-11-26-18/h3-10H,11H2,1-2H3,(H,22,24)(H,23,25). The second-order valence-electron chi connectivity index (χ2n) is 6.35. The van der Waals surface area contributed by atoms with Gasteiger partial charge in [-0.2, -0.15) is 0 Å². The highest BCUT2D eigenvalue weighted by atomic mass is 16.7. The molecule has 0 bridgehead atoms. The van der Waals surface area contributed by atoms with Crippen molar-refractivity contribution in [1.82, 2.24) is 0 Å². The van der Waals surface area contributed by atoms with Crippen LogP contribution >= 0.6 is 0 Å². The van der Waals surface area contributed by atoms with Gasteiger partial charge in [-0.3, -0.25) is 9.59 Å². The van der Waals surface area contributed by atoms with Crippen LogP contribution in [-0.2, 0) is 0 Å². The van der Waals surface area contributed by atoms with Crippen molar-refractivity contribution < 1.29 is 23.5 Å². The number of furan rings is 1. The third-order valence-electron chi connectivity index (χ3n) is 4.34. The number of anilines is 2. The second kappa shape index (κ2) is 7.11. The molecule has 0 atom stereocenters. The van der Waals surface area contributed by atoms with Gasteiger partial charge >= 0.3 is 0 Å². The number of rotatable bonds is 4. The summed E-state index contributed by atoms with van der Waals surface area (Å²) in [5.74, 6) is 1.70. The maximum atomic E-state index is 12.8. The number of nitrogens with one attached hydrogen (secondary N) is 2. The zero-order valence-electron chi connectivity index (χ0n) is 15.4. The van der Waals surface area contributed by atoms with Crippen LogP contribution in [0.15, 0.2) is 52.9 Å². The molecular formula is C21H18N2O5. The number of benzene rings is 2. The van der Waals surface area contributed by atoms with Crippen molar-refractivity contribution in [2.45, 2.75) is 13.8 Å². The minimum absolute atomic E-state index is 0.161. The molecule has 3 aromatic rings. The van der Waals surface area contributed by atoms with E-state index < -0.39 is 0 Å². The SMILES string of the molecule is Cc1cc(C(=O)Nc2ccccc2C(=O)Nc2ccc3c(c2)OCO3)c(C)o1. The molecule has 1 aliphatic rings. The van der Waals surface area contributed by atoms with Gasteiger partial charge in [-0.05, 0) is 44.2 Å². The fourth-order valence-electron chi connectivity index (χ4n) is 3.01. The highest BCUT2D eigenvalue weighted by Gasteiger charge is 2.19. The Balaban J connectivity index is 1.54. The van der Waals surface area contributed by atoms with Crippen molar-refractivity contribution in [3.05, 3.63) is 71.2 Å². The van der Waals surface area contributed by atoms with Gasteiger partial charge in [-0.15, -0.1) is 0 Å². The van der Waals surface area contributed by atoms with Crippen molar-refractivity contribution >= 4 is 23.2 Å². The molecule has 2 aromatic carbocycles. The molecule has 0 spiro atoms. The molecule has 1 aliphatic heterocycles. The van der Waals surface area contributed by atoms with Gasteiger partial charge in [0, 0.05) is 11.8 Å². The quantitative estimate of drug-likeness (QED) is 0.712. The lowest BCUT2D eigenvalue weighted by Gasteiger charge is -2.11. The van der Waals surface area contributed by atoms with Crippen LogP contribution in [-0.4, -0.2) is 18.6 Å². The molecule has 7 heteroatoms. The number of hydrogen-bond donors (Lipinski definition) is 2. The number of amides is 2. The first-order chi connectivity index (χ1) is 13.5. The molecule has 2 N–H and O–H groups in total. The van der Waals surface area contributed by atoms with E-state index in [2.05, 4.69) is 10.6 Å². The molecule has 0 unspecified atom stereocenters. The van der Waals surface area contributed by atoms with Crippen molar-refractivity contribution in [2.75, 3.05) is 17.4 Å². The fraction of sp³-hybridized carbons (Fsp3) is 0.143. The Bertz CT molecular complexity index is 1070.